The van der Waals surface area contributed by atoms with E-state index in [4.69, 9.17) is 19.2 Å². The number of carbonyl (C=O) groups is 3. The van der Waals surface area contributed by atoms with Crippen molar-refractivity contribution in [3.8, 4) is 11.4 Å². The second-order valence-electron chi connectivity index (χ2n) is 14.8. The van der Waals surface area contributed by atoms with Crippen molar-refractivity contribution in [2.75, 3.05) is 6.54 Å². The molecule has 4 heterocycles. The highest BCUT2D eigenvalue weighted by atomic mass is 28.3. The van der Waals surface area contributed by atoms with Crippen LogP contribution in [0.1, 0.15) is 84.4 Å². The maximum atomic E-state index is 14.2. The molecule has 46 heavy (non-hydrogen) atoms. The number of nitrogens with zero attached hydrogens (tertiary/aromatic N) is 2. The van der Waals surface area contributed by atoms with Gasteiger partial charge in [-0.2, -0.15) is 0 Å². The number of fused-ring (bicyclic) bond motifs is 5. The summed E-state index contributed by atoms with van der Waals surface area (Å²) in [7, 11) is -2.13. The van der Waals surface area contributed by atoms with Gasteiger partial charge in [0.15, 0.2) is 0 Å². The van der Waals surface area contributed by atoms with Crippen LogP contribution in [-0.4, -0.2) is 47.8 Å². The third-order valence-corrected chi connectivity index (χ3v) is 15.1. The summed E-state index contributed by atoms with van der Waals surface area (Å²) < 4.78 is 18.4. The monoisotopic (exact) mass is 647 g/mol. The van der Waals surface area contributed by atoms with E-state index in [1.807, 2.05) is 18.2 Å². The lowest BCUT2D eigenvalue weighted by Gasteiger charge is -2.39. The van der Waals surface area contributed by atoms with Crippen molar-refractivity contribution < 1.29 is 28.6 Å². The Hall–Kier alpha value is -3.99. The Morgan fingerprint density at radius 2 is 1.78 bits per heavy atom. The van der Waals surface area contributed by atoms with Crippen LogP contribution >= 0.6 is 0 Å². The van der Waals surface area contributed by atoms with Crippen molar-refractivity contribution in [3.63, 3.8) is 0 Å². The number of benzene rings is 1. The molecule has 2 aliphatic rings. The molecule has 0 saturated carbocycles. The van der Waals surface area contributed by atoms with Gasteiger partial charge in [-0.1, -0.05) is 59.0 Å². The number of alkyl carbamates (subject to hydrolysis) is 1. The van der Waals surface area contributed by atoms with E-state index in [-0.39, 0.29) is 43.0 Å². The van der Waals surface area contributed by atoms with Gasteiger partial charge in [0.2, 0.25) is 5.60 Å². The van der Waals surface area contributed by atoms with Crippen LogP contribution in [0.4, 0.5) is 4.79 Å². The van der Waals surface area contributed by atoms with Crippen LogP contribution in [0.2, 0.25) is 18.1 Å². The third kappa shape index (κ3) is 5.74. The molecule has 1 unspecified atom stereocenters. The number of para-hydroxylation sites is 1. The van der Waals surface area contributed by atoms with E-state index < -0.39 is 37.3 Å². The highest BCUT2D eigenvalue weighted by molar-refractivity contribution is 6.94. The summed E-state index contributed by atoms with van der Waals surface area (Å²) in [5.74, 6) is -1.35. The second kappa shape index (κ2) is 11.7. The molecule has 0 radical (unpaired) electrons. The van der Waals surface area contributed by atoms with E-state index in [1.54, 1.807) is 38.3 Å². The lowest BCUT2D eigenvalue weighted by molar-refractivity contribution is -0.189. The third-order valence-electron chi connectivity index (χ3n) is 9.58. The number of carbonyl (C=O) groups excluding carboxylic acids is 3. The van der Waals surface area contributed by atoms with Gasteiger partial charge in [-0.15, -0.1) is 0 Å². The number of cyclic esters (lactones) is 1. The first kappa shape index (κ1) is 33.4. The first-order valence-electron chi connectivity index (χ1n) is 16.0. The molecule has 1 atom stereocenters. The van der Waals surface area contributed by atoms with Crippen molar-refractivity contribution in [2.45, 2.75) is 110 Å². The summed E-state index contributed by atoms with van der Waals surface area (Å²) in [5.41, 5.74) is 1.17. The standard InChI is InChI=1S/C35H45N3O7Si/c1-10-35(44-27(39)16-13-17-36-32(42)45-33(2,3)4)24-18-26-28-22(19-38(26)30(40)23(24)20-43-31(35)41)29(46(8,9)34(5,6)7)21-14-11-12-15-25(21)37-28/h11-12,14-15,18H,10,13,16-17,19-20H2,1-9H3,(H,36,42). The number of ether oxygens (including phenoxy) is 3. The maximum Gasteiger partial charge on any atom is 0.407 e. The fraction of sp³-hybridized carbons (Fsp3) is 0.514. The normalized spacial score (nSPS) is 17.5. The smallest absolute Gasteiger partial charge is 0.407 e. The predicted octanol–water partition coefficient (Wildman–Crippen LogP) is 5.65. The average molecular weight is 648 g/mol. The summed E-state index contributed by atoms with van der Waals surface area (Å²) in [4.78, 5) is 57.8. The molecule has 3 aromatic rings. The van der Waals surface area contributed by atoms with Crippen LogP contribution in [0.5, 0.6) is 0 Å². The van der Waals surface area contributed by atoms with Gasteiger partial charge in [0.25, 0.3) is 5.56 Å². The van der Waals surface area contributed by atoms with E-state index in [0.717, 1.165) is 22.2 Å². The molecular formula is C35H45N3O7Si. The van der Waals surface area contributed by atoms with Crippen LogP contribution in [0.3, 0.4) is 0 Å². The van der Waals surface area contributed by atoms with E-state index in [2.05, 4.69) is 45.2 Å². The van der Waals surface area contributed by atoms with Gasteiger partial charge < -0.3 is 24.1 Å². The van der Waals surface area contributed by atoms with E-state index in [0.29, 0.717) is 23.4 Å². The van der Waals surface area contributed by atoms with Crippen molar-refractivity contribution in [1.82, 2.24) is 14.9 Å². The van der Waals surface area contributed by atoms with Crippen molar-refractivity contribution in [3.05, 3.63) is 57.4 Å². The minimum atomic E-state index is -2.13. The lowest BCUT2D eigenvalue weighted by atomic mass is 9.85. The zero-order chi connectivity index (χ0) is 33.8. The highest BCUT2D eigenvalue weighted by Gasteiger charge is 2.51. The number of rotatable bonds is 7. The fourth-order valence-corrected chi connectivity index (χ4v) is 8.84. The molecule has 0 fully saturated rings. The summed E-state index contributed by atoms with van der Waals surface area (Å²) in [6.07, 6.45) is -0.288. The Morgan fingerprint density at radius 1 is 1.09 bits per heavy atom. The minimum absolute atomic E-state index is 0.0259. The van der Waals surface area contributed by atoms with Crippen LogP contribution in [0.25, 0.3) is 22.3 Å². The van der Waals surface area contributed by atoms with Crippen LogP contribution in [-0.2, 0) is 42.6 Å². The predicted molar refractivity (Wildman–Crippen MR) is 179 cm³/mol. The summed E-state index contributed by atoms with van der Waals surface area (Å²) in [6.45, 7) is 18.9. The number of hydrogen-bond acceptors (Lipinski definition) is 8. The SMILES string of the molecule is CCC1(OC(=O)CCCNC(=O)OC(C)(C)C)C(=O)OCc2c1cc1n(c2=O)Cc2c-1nc1ccccc1c2[Si](C)(C)C(C)(C)C. The molecule has 1 aromatic carbocycles. The maximum absolute atomic E-state index is 14.2. The van der Waals surface area contributed by atoms with Gasteiger partial charge in [-0.3, -0.25) is 9.59 Å². The Kier molecular flexibility index (Phi) is 8.46. The molecule has 2 aliphatic heterocycles. The van der Waals surface area contributed by atoms with Crippen LogP contribution in [0.15, 0.2) is 35.1 Å². The summed E-state index contributed by atoms with van der Waals surface area (Å²) in [5, 5.41) is 5.03. The lowest BCUT2D eigenvalue weighted by Crippen LogP contribution is -2.51. The molecule has 0 aliphatic carbocycles. The molecule has 1 N–H and O–H groups in total. The molecule has 0 spiro atoms. The van der Waals surface area contributed by atoms with Crippen LogP contribution in [0, 0.1) is 0 Å². The summed E-state index contributed by atoms with van der Waals surface area (Å²) >= 11 is 0. The van der Waals surface area contributed by atoms with Gasteiger partial charge >= 0.3 is 18.0 Å². The zero-order valence-corrected chi connectivity index (χ0v) is 29.4. The molecule has 0 saturated heterocycles. The van der Waals surface area contributed by atoms with E-state index >= 15 is 0 Å². The first-order valence-corrected chi connectivity index (χ1v) is 19.0. The molecule has 2 aromatic heterocycles. The molecule has 11 heteroatoms. The Morgan fingerprint density at radius 3 is 2.43 bits per heavy atom. The number of esters is 2. The van der Waals surface area contributed by atoms with Crippen molar-refractivity contribution in [1.29, 1.82) is 0 Å². The minimum Gasteiger partial charge on any atom is -0.457 e. The molecule has 1 amide bonds. The molecule has 10 nitrogen and oxygen atoms in total. The molecule has 0 bridgehead atoms. The van der Waals surface area contributed by atoms with Gasteiger partial charge in [-0.25, -0.2) is 14.6 Å². The number of pyridine rings is 2. The Bertz CT molecular complexity index is 1800. The van der Waals surface area contributed by atoms with Crippen LogP contribution < -0.4 is 16.1 Å². The quantitative estimate of drug-likeness (QED) is 0.118. The molecule has 5 rings (SSSR count). The second-order valence-corrected chi connectivity index (χ2v) is 20.0. The number of aromatic nitrogens is 2. The zero-order valence-electron chi connectivity index (χ0n) is 28.4. The van der Waals surface area contributed by atoms with Crippen molar-refractivity contribution in [2.24, 2.45) is 0 Å². The Balaban J connectivity index is 1.54. The van der Waals surface area contributed by atoms with E-state index in [1.165, 1.54) is 5.19 Å². The number of hydrogen-bond donors (Lipinski definition) is 1. The number of amides is 1. The number of nitrogens with one attached hydrogen (secondary N) is 1. The fourth-order valence-electron chi connectivity index (χ4n) is 6.26. The van der Waals surface area contributed by atoms with Gasteiger partial charge in [0.1, 0.15) is 12.2 Å². The van der Waals surface area contributed by atoms with Gasteiger partial charge in [0, 0.05) is 18.5 Å². The summed E-state index contributed by atoms with van der Waals surface area (Å²) in [6, 6.07) is 9.92. The van der Waals surface area contributed by atoms with Gasteiger partial charge in [0.05, 0.1) is 37.1 Å². The molecular weight excluding hydrogens is 602 g/mol. The topological polar surface area (TPSA) is 126 Å². The highest BCUT2D eigenvalue weighted by Crippen LogP contribution is 2.43. The first-order chi connectivity index (χ1) is 21.4. The Labute approximate surface area is 270 Å². The van der Waals surface area contributed by atoms with E-state index in [9.17, 15) is 19.2 Å². The molecule has 246 valence electrons. The van der Waals surface area contributed by atoms with Gasteiger partial charge in [-0.05, 0) is 66.9 Å². The van der Waals surface area contributed by atoms with Crippen molar-refractivity contribution >= 4 is 42.2 Å². The largest absolute Gasteiger partial charge is 0.457 e. The average Bonchev–Trinajstić information content (AvgIpc) is 3.32.